The molecule has 1 N–H and O–H groups in total. The van der Waals surface area contributed by atoms with Gasteiger partial charge in [0.25, 0.3) is 0 Å². The second kappa shape index (κ2) is 5.07. The predicted octanol–water partition coefficient (Wildman–Crippen LogP) is 2.70. The quantitative estimate of drug-likeness (QED) is 0.871. The molecule has 1 aromatic rings. The standard InChI is InChI=1S/C13H19ClN2/c1-16(2)13-9-10(5-6-12(13)14)8-11-4-3-7-15-11/h5-6,9,11,15H,3-4,7-8H2,1-2H3. The van der Waals surface area contributed by atoms with E-state index in [-0.39, 0.29) is 0 Å². The van der Waals surface area contributed by atoms with Crippen LogP contribution < -0.4 is 10.2 Å². The van der Waals surface area contributed by atoms with Gasteiger partial charge >= 0.3 is 0 Å². The van der Waals surface area contributed by atoms with E-state index in [1.54, 1.807) is 0 Å². The second-order valence-corrected chi connectivity index (χ2v) is 5.08. The Morgan fingerprint density at radius 2 is 2.25 bits per heavy atom. The van der Waals surface area contributed by atoms with Crippen molar-refractivity contribution in [2.24, 2.45) is 0 Å². The van der Waals surface area contributed by atoms with Crippen LogP contribution in [0.25, 0.3) is 0 Å². The Hall–Kier alpha value is -0.730. The molecule has 0 aromatic heterocycles. The molecule has 1 heterocycles. The highest BCUT2D eigenvalue weighted by Gasteiger charge is 2.15. The van der Waals surface area contributed by atoms with Crippen LogP contribution in [-0.4, -0.2) is 26.7 Å². The van der Waals surface area contributed by atoms with Gasteiger partial charge in [-0.15, -0.1) is 0 Å². The number of hydrogen-bond acceptors (Lipinski definition) is 2. The number of benzene rings is 1. The van der Waals surface area contributed by atoms with E-state index in [1.807, 2.05) is 20.2 Å². The van der Waals surface area contributed by atoms with Crippen LogP contribution in [0.4, 0.5) is 5.69 Å². The first kappa shape index (κ1) is 11.7. The summed E-state index contributed by atoms with van der Waals surface area (Å²) in [5.74, 6) is 0. The maximum Gasteiger partial charge on any atom is 0.0639 e. The van der Waals surface area contributed by atoms with Gasteiger partial charge in [-0.25, -0.2) is 0 Å². The average molecular weight is 239 g/mol. The minimum Gasteiger partial charge on any atom is -0.376 e. The van der Waals surface area contributed by atoms with Crippen LogP contribution in [0.3, 0.4) is 0 Å². The van der Waals surface area contributed by atoms with Gasteiger partial charge in [-0.2, -0.15) is 0 Å². The molecular formula is C13H19ClN2. The first-order valence-electron chi connectivity index (χ1n) is 5.86. The van der Waals surface area contributed by atoms with Crippen molar-refractivity contribution in [2.45, 2.75) is 25.3 Å². The molecule has 0 radical (unpaired) electrons. The van der Waals surface area contributed by atoms with Crippen LogP contribution in [0.2, 0.25) is 5.02 Å². The molecule has 0 spiro atoms. The third-order valence-electron chi connectivity index (χ3n) is 3.14. The SMILES string of the molecule is CN(C)c1cc(CC2CCCN2)ccc1Cl. The normalized spacial score (nSPS) is 20.1. The molecule has 16 heavy (non-hydrogen) atoms. The Labute approximate surface area is 103 Å². The van der Waals surface area contributed by atoms with E-state index in [2.05, 4.69) is 22.3 Å². The topological polar surface area (TPSA) is 15.3 Å². The predicted molar refractivity (Wildman–Crippen MR) is 70.5 cm³/mol. The summed E-state index contributed by atoms with van der Waals surface area (Å²) in [5, 5.41) is 4.35. The van der Waals surface area contributed by atoms with Crippen molar-refractivity contribution < 1.29 is 0 Å². The minimum atomic E-state index is 0.649. The summed E-state index contributed by atoms with van der Waals surface area (Å²) < 4.78 is 0. The molecule has 1 aliphatic rings. The molecule has 1 saturated heterocycles. The molecule has 0 saturated carbocycles. The number of anilines is 1. The molecule has 2 rings (SSSR count). The van der Waals surface area contributed by atoms with Crippen molar-refractivity contribution >= 4 is 17.3 Å². The fraction of sp³-hybridized carbons (Fsp3) is 0.538. The Bertz CT molecular complexity index is 357. The summed E-state index contributed by atoms with van der Waals surface area (Å²) in [6.45, 7) is 1.17. The molecule has 0 aliphatic carbocycles. The van der Waals surface area contributed by atoms with E-state index in [1.165, 1.54) is 24.9 Å². The minimum absolute atomic E-state index is 0.649. The molecule has 1 atom stereocenters. The highest BCUT2D eigenvalue weighted by Crippen LogP contribution is 2.26. The second-order valence-electron chi connectivity index (χ2n) is 4.68. The highest BCUT2D eigenvalue weighted by molar-refractivity contribution is 6.33. The highest BCUT2D eigenvalue weighted by atomic mass is 35.5. The van der Waals surface area contributed by atoms with E-state index in [9.17, 15) is 0 Å². The number of halogens is 1. The van der Waals surface area contributed by atoms with Crippen molar-refractivity contribution in [3.05, 3.63) is 28.8 Å². The van der Waals surface area contributed by atoms with Gasteiger partial charge in [0.1, 0.15) is 0 Å². The van der Waals surface area contributed by atoms with E-state index in [0.29, 0.717) is 6.04 Å². The fourth-order valence-electron chi connectivity index (χ4n) is 2.24. The van der Waals surface area contributed by atoms with Gasteiger partial charge in [0.05, 0.1) is 10.7 Å². The van der Waals surface area contributed by atoms with Crippen molar-refractivity contribution in [1.29, 1.82) is 0 Å². The van der Waals surface area contributed by atoms with Crippen LogP contribution in [-0.2, 0) is 6.42 Å². The Morgan fingerprint density at radius 1 is 1.44 bits per heavy atom. The van der Waals surface area contributed by atoms with E-state index in [4.69, 9.17) is 11.6 Å². The van der Waals surface area contributed by atoms with E-state index in [0.717, 1.165) is 17.1 Å². The lowest BCUT2D eigenvalue weighted by Gasteiger charge is -2.17. The number of rotatable bonds is 3. The van der Waals surface area contributed by atoms with Gasteiger partial charge < -0.3 is 10.2 Å². The van der Waals surface area contributed by atoms with Crippen LogP contribution in [0.1, 0.15) is 18.4 Å². The maximum atomic E-state index is 6.15. The zero-order valence-electron chi connectivity index (χ0n) is 9.96. The number of nitrogens with one attached hydrogen (secondary N) is 1. The van der Waals surface area contributed by atoms with Crippen LogP contribution in [0, 0.1) is 0 Å². The molecule has 88 valence electrons. The summed E-state index contributed by atoms with van der Waals surface area (Å²) >= 11 is 6.15. The molecule has 0 amide bonds. The van der Waals surface area contributed by atoms with Gasteiger partial charge in [0, 0.05) is 20.1 Å². The van der Waals surface area contributed by atoms with Crippen molar-refractivity contribution in [3.8, 4) is 0 Å². The van der Waals surface area contributed by atoms with Crippen molar-refractivity contribution in [1.82, 2.24) is 5.32 Å². The lowest BCUT2D eigenvalue weighted by molar-refractivity contribution is 0.603. The molecule has 1 aromatic carbocycles. The molecule has 1 fully saturated rings. The van der Waals surface area contributed by atoms with E-state index < -0.39 is 0 Å². The third kappa shape index (κ3) is 2.69. The molecule has 1 aliphatic heterocycles. The van der Waals surface area contributed by atoms with Crippen LogP contribution in [0.15, 0.2) is 18.2 Å². The van der Waals surface area contributed by atoms with Crippen molar-refractivity contribution in [2.75, 3.05) is 25.5 Å². The first-order chi connectivity index (χ1) is 7.66. The van der Waals surface area contributed by atoms with Gasteiger partial charge in [0.15, 0.2) is 0 Å². The monoisotopic (exact) mass is 238 g/mol. The van der Waals surface area contributed by atoms with Gasteiger partial charge in [-0.3, -0.25) is 0 Å². The summed E-state index contributed by atoms with van der Waals surface area (Å²) in [7, 11) is 4.05. The average Bonchev–Trinajstić information content (AvgIpc) is 2.73. The summed E-state index contributed by atoms with van der Waals surface area (Å²) in [6, 6.07) is 6.98. The van der Waals surface area contributed by atoms with Gasteiger partial charge in [-0.1, -0.05) is 17.7 Å². The zero-order valence-corrected chi connectivity index (χ0v) is 10.7. The number of hydrogen-bond donors (Lipinski definition) is 1. The molecular weight excluding hydrogens is 220 g/mol. The summed E-state index contributed by atoms with van der Waals surface area (Å²) in [4.78, 5) is 2.06. The van der Waals surface area contributed by atoms with E-state index >= 15 is 0 Å². The van der Waals surface area contributed by atoms with Gasteiger partial charge in [0.2, 0.25) is 0 Å². The fourth-order valence-corrected chi connectivity index (χ4v) is 2.53. The maximum absolute atomic E-state index is 6.15. The molecule has 1 unspecified atom stereocenters. The molecule has 2 nitrogen and oxygen atoms in total. The molecule has 0 bridgehead atoms. The lowest BCUT2D eigenvalue weighted by Crippen LogP contribution is -2.23. The Kier molecular flexibility index (Phi) is 3.72. The first-order valence-corrected chi connectivity index (χ1v) is 6.24. The Balaban J connectivity index is 2.12. The van der Waals surface area contributed by atoms with Crippen molar-refractivity contribution in [3.63, 3.8) is 0 Å². The molecule has 3 heteroatoms. The van der Waals surface area contributed by atoms with Crippen LogP contribution >= 0.6 is 11.6 Å². The summed E-state index contributed by atoms with van der Waals surface area (Å²) in [5.41, 5.74) is 2.48. The smallest absolute Gasteiger partial charge is 0.0639 e. The largest absolute Gasteiger partial charge is 0.376 e. The third-order valence-corrected chi connectivity index (χ3v) is 3.46. The lowest BCUT2D eigenvalue weighted by atomic mass is 10.0. The summed E-state index contributed by atoms with van der Waals surface area (Å²) in [6.07, 6.45) is 3.71. The zero-order chi connectivity index (χ0) is 11.5. The number of nitrogens with zero attached hydrogens (tertiary/aromatic N) is 1. The van der Waals surface area contributed by atoms with Gasteiger partial charge in [-0.05, 0) is 43.5 Å². The Morgan fingerprint density at radius 3 is 2.88 bits per heavy atom. The van der Waals surface area contributed by atoms with Crippen LogP contribution in [0.5, 0.6) is 0 Å².